The molecule has 6 rings (SSSR count). The number of allylic oxidation sites excluding steroid dienone is 4. The van der Waals surface area contributed by atoms with Gasteiger partial charge in [0.05, 0.1) is 13.2 Å². The van der Waals surface area contributed by atoms with Crippen LogP contribution in [0.15, 0.2) is 133 Å². The van der Waals surface area contributed by atoms with Crippen molar-refractivity contribution in [3.05, 3.63) is 156 Å². The fraction of sp³-hybridized carbons (Fsp3) is 0.333. The summed E-state index contributed by atoms with van der Waals surface area (Å²) in [6.45, 7) is 3.81. The Kier molecular flexibility index (Phi) is 13.6. The van der Waals surface area contributed by atoms with Crippen molar-refractivity contribution in [1.29, 1.82) is 0 Å². The Balaban J connectivity index is 0.000000191. The minimum atomic E-state index is 0.0471. The molecule has 2 aliphatic carbocycles. The summed E-state index contributed by atoms with van der Waals surface area (Å²) in [5.41, 5.74) is 3.05. The molecule has 4 aromatic rings. The van der Waals surface area contributed by atoms with E-state index in [0.29, 0.717) is 28.2 Å². The van der Waals surface area contributed by atoms with Gasteiger partial charge in [0.1, 0.15) is 11.5 Å². The molecule has 0 radical (unpaired) electrons. The van der Waals surface area contributed by atoms with Crippen LogP contribution in [0, 0.1) is 11.3 Å². The van der Waals surface area contributed by atoms with Crippen molar-refractivity contribution < 1.29 is 19.1 Å². The highest BCUT2D eigenvalue weighted by molar-refractivity contribution is 6.09. The van der Waals surface area contributed by atoms with E-state index in [2.05, 4.69) is 31.2 Å². The topological polar surface area (TPSA) is 52.6 Å². The highest BCUT2D eigenvalue weighted by Gasteiger charge is 2.25. The summed E-state index contributed by atoms with van der Waals surface area (Å²) < 4.78 is 12.0. The van der Waals surface area contributed by atoms with Crippen LogP contribution in [0.4, 0.5) is 0 Å². The smallest absolute Gasteiger partial charge is 0.193 e. The van der Waals surface area contributed by atoms with Crippen molar-refractivity contribution >= 4 is 11.6 Å². The van der Waals surface area contributed by atoms with Crippen LogP contribution in [0.1, 0.15) is 103 Å². The minimum absolute atomic E-state index is 0.0471. The van der Waals surface area contributed by atoms with E-state index in [4.69, 9.17) is 9.47 Å². The molecule has 4 heteroatoms. The molecule has 0 amide bonds. The molecule has 4 aromatic carbocycles. The van der Waals surface area contributed by atoms with Gasteiger partial charge in [0.15, 0.2) is 11.6 Å². The average molecular weight is 655 g/mol. The first-order valence-electron chi connectivity index (χ1n) is 17.9. The second-order valence-corrected chi connectivity index (χ2v) is 13.6. The van der Waals surface area contributed by atoms with E-state index in [1.807, 2.05) is 109 Å². The predicted octanol–water partition coefficient (Wildman–Crippen LogP) is 11.3. The van der Waals surface area contributed by atoms with Crippen molar-refractivity contribution in [3.8, 4) is 11.5 Å². The fourth-order valence-electron chi connectivity index (χ4n) is 6.38. The summed E-state index contributed by atoms with van der Waals surface area (Å²) in [4.78, 5) is 24.8. The second-order valence-electron chi connectivity index (χ2n) is 13.6. The van der Waals surface area contributed by atoms with Crippen molar-refractivity contribution in [2.75, 3.05) is 13.2 Å². The average Bonchev–Trinajstić information content (AvgIpc) is 3.13. The highest BCUT2D eigenvalue weighted by Crippen LogP contribution is 2.33. The van der Waals surface area contributed by atoms with Gasteiger partial charge in [-0.15, -0.1) is 0 Å². The third-order valence-corrected chi connectivity index (χ3v) is 9.50. The van der Waals surface area contributed by atoms with E-state index in [1.54, 1.807) is 0 Å². The van der Waals surface area contributed by atoms with Crippen LogP contribution in [0.3, 0.4) is 0 Å². The second kappa shape index (κ2) is 18.7. The van der Waals surface area contributed by atoms with E-state index in [9.17, 15) is 9.59 Å². The number of benzene rings is 4. The maximum Gasteiger partial charge on any atom is 0.193 e. The summed E-state index contributed by atoms with van der Waals surface area (Å²) >= 11 is 0. The van der Waals surface area contributed by atoms with E-state index in [1.165, 1.54) is 44.9 Å². The Bertz CT molecular complexity index is 1640. The van der Waals surface area contributed by atoms with Crippen molar-refractivity contribution in [2.45, 2.75) is 71.1 Å². The Labute approximate surface area is 292 Å². The maximum atomic E-state index is 12.4. The summed E-state index contributed by atoms with van der Waals surface area (Å²) in [7, 11) is 0. The Morgan fingerprint density at radius 1 is 0.551 bits per heavy atom. The van der Waals surface area contributed by atoms with Gasteiger partial charge >= 0.3 is 0 Å². The summed E-state index contributed by atoms with van der Waals surface area (Å²) in [5.74, 6) is 2.40. The molecule has 0 bridgehead atoms. The molecule has 2 aliphatic rings. The summed E-state index contributed by atoms with van der Waals surface area (Å²) in [5, 5.41) is 0. The molecule has 2 atom stereocenters. The van der Waals surface area contributed by atoms with Gasteiger partial charge in [-0.3, -0.25) is 9.59 Å². The zero-order valence-corrected chi connectivity index (χ0v) is 28.9. The van der Waals surface area contributed by atoms with Crippen molar-refractivity contribution in [2.24, 2.45) is 11.3 Å². The van der Waals surface area contributed by atoms with Gasteiger partial charge in [-0.1, -0.05) is 91.9 Å². The van der Waals surface area contributed by atoms with E-state index < -0.39 is 0 Å². The van der Waals surface area contributed by atoms with Crippen LogP contribution in [0.5, 0.6) is 11.5 Å². The van der Waals surface area contributed by atoms with Crippen molar-refractivity contribution in [3.63, 3.8) is 0 Å². The molecule has 0 fully saturated rings. The zero-order chi connectivity index (χ0) is 34.2. The van der Waals surface area contributed by atoms with Crippen LogP contribution in [0.2, 0.25) is 0 Å². The van der Waals surface area contributed by atoms with Crippen LogP contribution in [-0.4, -0.2) is 24.8 Å². The third kappa shape index (κ3) is 11.5. The lowest BCUT2D eigenvalue weighted by molar-refractivity contribution is 0.103. The number of ether oxygens (including phenoxy) is 2. The lowest BCUT2D eigenvalue weighted by atomic mass is 9.80. The van der Waals surface area contributed by atoms with Gasteiger partial charge in [0.25, 0.3) is 0 Å². The first kappa shape index (κ1) is 35.6. The Morgan fingerprint density at radius 2 is 1.04 bits per heavy atom. The van der Waals surface area contributed by atoms with Gasteiger partial charge in [0.2, 0.25) is 0 Å². The standard InChI is InChI=1S/C23H26O2.C22H24O2/c1-23(16-8-3-2-4-9-17-23)18-25-21-14-12-20(13-15-21)22(24)19-10-6-5-7-11-19;23-22(19-11-7-4-8-12-19)20-13-15-21(16-14-20)24-17-18-9-5-2-1-3-6-10-18/h2-3,5-7,10-15H,4,8-9,16-18H2,1H3;1-2,4,7-8,11-16,18H,3,5-6,9-10,17H2/b3-2-;2-1-. The molecular weight excluding hydrogens is 604 g/mol. The SMILES string of the molecule is CC1(COc2ccc(C(=O)c3ccccc3)cc2)CC/C=C\CCC1.O=C(c1ccccc1)c1ccc(OCC2CC/C=C\CCC2)cc1. The normalized spacial score (nSPS) is 20.5. The molecule has 0 spiro atoms. The largest absolute Gasteiger partial charge is 0.493 e. The molecule has 0 aliphatic heterocycles. The number of ketones is 2. The van der Waals surface area contributed by atoms with Gasteiger partial charge < -0.3 is 9.47 Å². The van der Waals surface area contributed by atoms with Crippen LogP contribution in [-0.2, 0) is 0 Å². The molecule has 0 N–H and O–H groups in total. The Hall–Kier alpha value is -4.70. The molecule has 0 aromatic heterocycles. The molecule has 0 saturated carbocycles. The quantitative estimate of drug-likeness (QED) is 0.126. The van der Waals surface area contributed by atoms with Gasteiger partial charge in [-0.05, 0) is 119 Å². The maximum absolute atomic E-state index is 12.4. The lowest BCUT2D eigenvalue weighted by Crippen LogP contribution is -2.25. The number of carbonyl (C=O) groups is 2. The van der Waals surface area contributed by atoms with E-state index >= 15 is 0 Å². The number of carbonyl (C=O) groups excluding carboxylic acids is 2. The molecule has 2 unspecified atom stereocenters. The van der Waals surface area contributed by atoms with Crippen LogP contribution < -0.4 is 9.47 Å². The lowest BCUT2D eigenvalue weighted by Gasteiger charge is -2.30. The number of hydrogen-bond donors (Lipinski definition) is 0. The zero-order valence-electron chi connectivity index (χ0n) is 28.9. The first-order valence-corrected chi connectivity index (χ1v) is 17.9. The van der Waals surface area contributed by atoms with Gasteiger partial charge in [-0.25, -0.2) is 0 Å². The Morgan fingerprint density at radius 3 is 1.63 bits per heavy atom. The first-order chi connectivity index (χ1) is 24.0. The van der Waals surface area contributed by atoms with E-state index in [0.717, 1.165) is 44.0 Å². The van der Waals surface area contributed by atoms with E-state index in [-0.39, 0.29) is 17.0 Å². The van der Waals surface area contributed by atoms with Crippen molar-refractivity contribution in [1.82, 2.24) is 0 Å². The minimum Gasteiger partial charge on any atom is -0.493 e. The summed E-state index contributed by atoms with van der Waals surface area (Å²) in [6, 6.07) is 33.8. The fourth-order valence-corrected chi connectivity index (χ4v) is 6.38. The number of hydrogen-bond acceptors (Lipinski definition) is 4. The third-order valence-electron chi connectivity index (χ3n) is 9.50. The van der Waals surface area contributed by atoms with Gasteiger partial charge in [0, 0.05) is 27.7 Å². The molecule has 254 valence electrons. The predicted molar refractivity (Wildman–Crippen MR) is 200 cm³/mol. The highest BCUT2D eigenvalue weighted by atomic mass is 16.5. The summed E-state index contributed by atoms with van der Waals surface area (Å²) in [6.07, 6.45) is 21.1. The van der Waals surface area contributed by atoms with Crippen LogP contribution >= 0.6 is 0 Å². The number of rotatable bonds is 10. The molecular formula is C45H50O4. The molecule has 0 heterocycles. The molecule has 4 nitrogen and oxygen atoms in total. The monoisotopic (exact) mass is 654 g/mol. The van der Waals surface area contributed by atoms with Gasteiger partial charge in [-0.2, -0.15) is 0 Å². The molecule has 0 saturated heterocycles. The molecule has 49 heavy (non-hydrogen) atoms. The van der Waals surface area contributed by atoms with Crippen LogP contribution in [0.25, 0.3) is 0 Å².